The highest BCUT2D eigenvalue weighted by molar-refractivity contribution is 5.89. The molecule has 0 radical (unpaired) electrons. The molecule has 3 N–H and O–H groups in total. The molecule has 0 saturated heterocycles. The summed E-state index contributed by atoms with van der Waals surface area (Å²) in [6.45, 7) is 0. The minimum Gasteiger partial charge on any atom is -0.477 e. The highest BCUT2D eigenvalue weighted by Crippen LogP contribution is 2.24. The van der Waals surface area contributed by atoms with Gasteiger partial charge in [0.15, 0.2) is 0 Å². The highest BCUT2D eigenvalue weighted by atomic mass is 19.1. The van der Waals surface area contributed by atoms with E-state index in [-0.39, 0.29) is 17.1 Å². The zero-order valence-corrected chi connectivity index (χ0v) is 8.28. The number of benzene rings is 1. The summed E-state index contributed by atoms with van der Waals surface area (Å²) in [4.78, 5) is 10.6. The average molecular weight is 240 g/mol. The molecule has 0 saturated carbocycles. The molecule has 1 aromatic heterocycles. The monoisotopic (exact) mass is 240 g/mol. The highest BCUT2D eigenvalue weighted by Gasteiger charge is 2.19. The summed E-state index contributed by atoms with van der Waals surface area (Å²) in [5, 5.41) is 12.0. The SMILES string of the molecule is Nc1cc(-c2cc(F)c(C(=O)O)c(F)c2)no1. The molecule has 0 spiro atoms. The van der Waals surface area contributed by atoms with E-state index in [9.17, 15) is 13.6 Å². The number of hydrogen-bond acceptors (Lipinski definition) is 4. The number of nitrogen functional groups attached to an aromatic ring is 1. The fourth-order valence-electron chi connectivity index (χ4n) is 1.35. The normalized spacial score (nSPS) is 10.5. The van der Waals surface area contributed by atoms with Gasteiger partial charge >= 0.3 is 5.97 Å². The van der Waals surface area contributed by atoms with E-state index in [0.717, 1.165) is 12.1 Å². The largest absolute Gasteiger partial charge is 0.477 e. The van der Waals surface area contributed by atoms with Crippen LogP contribution >= 0.6 is 0 Å². The van der Waals surface area contributed by atoms with Crippen LogP contribution in [0.4, 0.5) is 14.7 Å². The average Bonchev–Trinajstić information content (AvgIpc) is 2.63. The maximum absolute atomic E-state index is 13.3. The Labute approximate surface area is 93.4 Å². The first-order valence-corrected chi connectivity index (χ1v) is 4.44. The Morgan fingerprint density at radius 1 is 1.29 bits per heavy atom. The summed E-state index contributed by atoms with van der Waals surface area (Å²) >= 11 is 0. The molecular formula is C10H6F2N2O3. The van der Waals surface area contributed by atoms with Gasteiger partial charge in [-0.25, -0.2) is 13.6 Å². The van der Waals surface area contributed by atoms with Gasteiger partial charge in [0.2, 0.25) is 5.88 Å². The summed E-state index contributed by atoms with van der Waals surface area (Å²) < 4.78 is 31.2. The third kappa shape index (κ3) is 1.94. The van der Waals surface area contributed by atoms with Crippen LogP contribution in [0.2, 0.25) is 0 Å². The van der Waals surface area contributed by atoms with E-state index in [2.05, 4.69) is 9.68 Å². The minimum absolute atomic E-state index is 0.0110. The van der Waals surface area contributed by atoms with E-state index in [0.29, 0.717) is 0 Å². The first kappa shape index (κ1) is 11.1. The van der Waals surface area contributed by atoms with Gasteiger partial charge in [0.1, 0.15) is 22.9 Å². The fourth-order valence-corrected chi connectivity index (χ4v) is 1.35. The van der Waals surface area contributed by atoms with Crippen molar-refractivity contribution < 1.29 is 23.2 Å². The number of aromatic nitrogens is 1. The number of nitrogens with two attached hydrogens (primary N) is 1. The summed E-state index contributed by atoms with van der Waals surface area (Å²) in [6, 6.07) is 2.97. The molecule has 2 aromatic rings. The van der Waals surface area contributed by atoms with Gasteiger partial charge in [-0.2, -0.15) is 0 Å². The molecule has 1 heterocycles. The molecule has 7 heteroatoms. The van der Waals surface area contributed by atoms with Crippen LogP contribution in [0.5, 0.6) is 0 Å². The molecular weight excluding hydrogens is 234 g/mol. The molecule has 0 fully saturated rings. The molecule has 1 aromatic carbocycles. The molecule has 88 valence electrons. The molecule has 0 atom stereocenters. The van der Waals surface area contributed by atoms with Crippen LogP contribution in [0.3, 0.4) is 0 Å². The smallest absolute Gasteiger partial charge is 0.341 e. The Morgan fingerprint density at radius 2 is 1.88 bits per heavy atom. The second-order valence-electron chi connectivity index (χ2n) is 3.23. The van der Waals surface area contributed by atoms with E-state index < -0.39 is 23.2 Å². The molecule has 0 unspecified atom stereocenters. The second kappa shape index (κ2) is 3.85. The van der Waals surface area contributed by atoms with E-state index in [1.54, 1.807) is 0 Å². The van der Waals surface area contributed by atoms with Crippen LogP contribution in [0.25, 0.3) is 11.3 Å². The number of carboxylic acids is 1. The second-order valence-corrected chi connectivity index (χ2v) is 3.23. The van der Waals surface area contributed by atoms with Gasteiger partial charge in [0.25, 0.3) is 0 Å². The van der Waals surface area contributed by atoms with Crippen LogP contribution in [0, 0.1) is 11.6 Å². The van der Waals surface area contributed by atoms with Gasteiger partial charge < -0.3 is 15.4 Å². The standard InChI is InChI=1S/C10H6F2N2O3/c11-5-1-4(7-3-8(13)17-14-7)2-6(12)9(5)10(15)16/h1-3H,13H2,(H,15,16). The first-order valence-electron chi connectivity index (χ1n) is 4.44. The van der Waals surface area contributed by atoms with Crippen molar-refractivity contribution in [3.8, 4) is 11.3 Å². The fraction of sp³-hybridized carbons (Fsp3) is 0. The molecule has 2 rings (SSSR count). The molecule has 0 amide bonds. The van der Waals surface area contributed by atoms with Gasteiger partial charge in [-0.3, -0.25) is 0 Å². The van der Waals surface area contributed by atoms with Crippen molar-refractivity contribution in [2.75, 3.05) is 5.73 Å². The molecule has 0 aliphatic heterocycles. The van der Waals surface area contributed by atoms with Crippen molar-refractivity contribution in [1.82, 2.24) is 5.16 Å². The number of aromatic carboxylic acids is 1. The van der Waals surface area contributed by atoms with Crippen molar-refractivity contribution in [3.05, 3.63) is 35.4 Å². The maximum atomic E-state index is 13.3. The summed E-state index contributed by atoms with van der Waals surface area (Å²) in [6.07, 6.45) is 0. The number of hydrogen-bond donors (Lipinski definition) is 2. The van der Waals surface area contributed by atoms with Gasteiger partial charge in [-0.1, -0.05) is 5.16 Å². The molecule has 0 bridgehead atoms. The number of carboxylic acid groups (broad SMARTS) is 1. The zero-order chi connectivity index (χ0) is 12.6. The van der Waals surface area contributed by atoms with Crippen molar-refractivity contribution in [1.29, 1.82) is 0 Å². The van der Waals surface area contributed by atoms with Gasteiger partial charge in [0, 0.05) is 11.6 Å². The van der Waals surface area contributed by atoms with Crippen molar-refractivity contribution in [2.24, 2.45) is 0 Å². The number of nitrogens with zero attached hydrogens (tertiary/aromatic N) is 1. The Bertz CT molecular complexity index is 572. The van der Waals surface area contributed by atoms with Crippen LogP contribution in [0.1, 0.15) is 10.4 Å². The molecule has 0 aliphatic carbocycles. The lowest BCUT2D eigenvalue weighted by Gasteiger charge is -2.02. The quantitative estimate of drug-likeness (QED) is 0.836. The third-order valence-electron chi connectivity index (χ3n) is 2.08. The number of carbonyl (C=O) groups is 1. The Kier molecular flexibility index (Phi) is 2.51. The Balaban J connectivity index is 2.56. The van der Waals surface area contributed by atoms with Crippen LogP contribution in [0.15, 0.2) is 22.7 Å². The van der Waals surface area contributed by atoms with Crippen LogP contribution in [-0.4, -0.2) is 16.2 Å². The third-order valence-corrected chi connectivity index (χ3v) is 2.08. The summed E-state index contributed by atoms with van der Waals surface area (Å²) in [5.41, 5.74) is 4.42. The Hall–Kier alpha value is -2.44. The van der Waals surface area contributed by atoms with E-state index in [1.165, 1.54) is 6.07 Å². The molecule has 17 heavy (non-hydrogen) atoms. The van der Waals surface area contributed by atoms with Crippen LogP contribution in [-0.2, 0) is 0 Å². The van der Waals surface area contributed by atoms with Crippen LogP contribution < -0.4 is 5.73 Å². The van der Waals surface area contributed by atoms with Gasteiger partial charge in [-0.05, 0) is 12.1 Å². The van der Waals surface area contributed by atoms with E-state index in [4.69, 9.17) is 10.8 Å². The Morgan fingerprint density at radius 3 is 2.29 bits per heavy atom. The topological polar surface area (TPSA) is 89.4 Å². The predicted octanol–water partition coefficient (Wildman–Crippen LogP) is 1.90. The van der Waals surface area contributed by atoms with Gasteiger partial charge in [0.05, 0.1) is 0 Å². The molecule has 0 aliphatic rings. The predicted molar refractivity (Wildman–Crippen MR) is 53.2 cm³/mol. The maximum Gasteiger partial charge on any atom is 0.341 e. The lowest BCUT2D eigenvalue weighted by atomic mass is 10.1. The number of anilines is 1. The lowest BCUT2D eigenvalue weighted by molar-refractivity contribution is 0.0686. The van der Waals surface area contributed by atoms with Crippen molar-refractivity contribution >= 4 is 11.9 Å². The first-order chi connectivity index (χ1) is 7.99. The van der Waals surface area contributed by atoms with E-state index in [1.807, 2.05) is 0 Å². The zero-order valence-electron chi connectivity index (χ0n) is 8.28. The lowest BCUT2D eigenvalue weighted by Crippen LogP contribution is -2.04. The van der Waals surface area contributed by atoms with E-state index >= 15 is 0 Å². The number of halogens is 2. The van der Waals surface area contributed by atoms with Gasteiger partial charge in [-0.15, -0.1) is 0 Å². The summed E-state index contributed by atoms with van der Waals surface area (Å²) in [5.74, 6) is -4.06. The number of rotatable bonds is 2. The summed E-state index contributed by atoms with van der Waals surface area (Å²) in [7, 11) is 0. The molecule has 5 nitrogen and oxygen atoms in total. The minimum atomic E-state index is -1.67. The van der Waals surface area contributed by atoms with Crippen molar-refractivity contribution in [3.63, 3.8) is 0 Å². The van der Waals surface area contributed by atoms with Crippen molar-refractivity contribution in [2.45, 2.75) is 0 Å².